The van der Waals surface area contributed by atoms with E-state index in [9.17, 15) is 0 Å². The molecule has 0 bridgehead atoms. The summed E-state index contributed by atoms with van der Waals surface area (Å²) in [5, 5.41) is 10.2. The number of hydrogen-bond donors (Lipinski definition) is 2. The Morgan fingerprint density at radius 3 is 2.36 bits per heavy atom. The largest absolute Gasteiger partial charge is 0.337 e. The van der Waals surface area contributed by atoms with Crippen molar-refractivity contribution in [2.45, 2.75) is 6.92 Å². The summed E-state index contributed by atoms with van der Waals surface area (Å²) in [6.07, 6.45) is 0. The molecule has 2 N–H and O–H groups in total. The molecule has 14 heavy (non-hydrogen) atoms. The second-order valence-corrected chi connectivity index (χ2v) is 2.96. The van der Waals surface area contributed by atoms with Gasteiger partial charge in [-0.15, -0.1) is 29.9 Å². The van der Waals surface area contributed by atoms with E-state index < -0.39 is 0 Å². The van der Waals surface area contributed by atoms with Gasteiger partial charge in [-0.05, 0) is 6.92 Å². The van der Waals surface area contributed by atoms with Gasteiger partial charge in [-0.25, -0.2) is 0 Å². The third-order valence-corrected chi connectivity index (χ3v) is 1.99. The molecule has 5 nitrogen and oxygen atoms in total. The maximum Gasteiger partial charge on any atom is 0.244 e. The molecule has 0 spiro atoms. The second kappa shape index (κ2) is 6.06. The fourth-order valence-corrected chi connectivity index (χ4v) is 1.34. The van der Waals surface area contributed by atoms with E-state index in [1.165, 1.54) is 0 Å². The first-order chi connectivity index (χ1) is 5.86. The molecule has 1 aromatic rings. The van der Waals surface area contributed by atoms with Gasteiger partial charge in [0.05, 0.1) is 0 Å². The van der Waals surface area contributed by atoms with Crippen LogP contribution in [0.25, 0.3) is 0 Å². The first kappa shape index (κ1) is 13.5. The Balaban J connectivity index is 0.000000845. The van der Waals surface area contributed by atoms with Crippen LogP contribution in [0, 0.1) is 6.92 Å². The van der Waals surface area contributed by atoms with Gasteiger partial charge in [-0.1, -0.05) is 0 Å². The first-order valence-electron chi connectivity index (χ1n) is 4.21. The van der Waals surface area contributed by atoms with Crippen LogP contribution in [0.2, 0.25) is 0 Å². The number of rotatable bonds is 1. The topological polar surface area (TPSA) is 56.8 Å². The number of halogens is 2. The number of hydrogen-bond acceptors (Lipinski definition) is 4. The fourth-order valence-electron chi connectivity index (χ4n) is 1.34. The molecule has 0 radical (unpaired) electrons. The average molecular weight is 240 g/mol. The van der Waals surface area contributed by atoms with Gasteiger partial charge in [-0.2, -0.15) is 4.98 Å². The molecule has 0 aliphatic carbocycles. The van der Waals surface area contributed by atoms with Crippen molar-refractivity contribution in [2.24, 2.45) is 0 Å². The minimum absolute atomic E-state index is 0. The number of anilines is 1. The predicted molar refractivity (Wildman–Crippen MR) is 60.7 cm³/mol. The highest BCUT2D eigenvalue weighted by Gasteiger charge is 2.13. The van der Waals surface area contributed by atoms with Crippen molar-refractivity contribution in [3.8, 4) is 0 Å². The summed E-state index contributed by atoms with van der Waals surface area (Å²) in [7, 11) is 0. The Labute approximate surface area is 95.5 Å². The summed E-state index contributed by atoms with van der Waals surface area (Å²) >= 11 is 0. The van der Waals surface area contributed by atoms with Gasteiger partial charge >= 0.3 is 0 Å². The first-order valence-corrected chi connectivity index (χ1v) is 4.21. The minimum atomic E-state index is 0. The van der Waals surface area contributed by atoms with Gasteiger partial charge in [0.2, 0.25) is 5.95 Å². The van der Waals surface area contributed by atoms with Crippen molar-refractivity contribution in [3.63, 3.8) is 0 Å². The molecule has 0 unspecified atom stereocenters. The summed E-state index contributed by atoms with van der Waals surface area (Å²) in [5.41, 5.74) is 0. The van der Waals surface area contributed by atoms with Crippen molar-refractivity contribution in [2.75, 3.05) is 31.1 Å². The Morgan fingerprint density at radius 1 is 1.21 bits per heavy atom. The molecule has 2 rings (SSSR count). The van der Waals surface area contributed by atoms with E-state index in [2.05, 4.69) is 25.4 Å². The lowest BCUT2D eigenvalue weighted by Gasteiger charge is -2.25. The molecule has 1 fully saturated rings. The molecule has 0 atom stereocenters. The smallest absolute Gasteiger partial charge is 0.244 e. The average Bonchev–Trinajstić information content (AvgIpc) is 2.54. The predicted octanol–water partition coefficient (Wildman–Crippen LogP) is 0.366. The SMILES string of the molecule is Cc1nc(N2CCNCC2)n[nH]1.Cl.Cl. The van der Waals surface area contributed by atoms with E-state index in [0.29, 0.717) is 0 Å². The van der Waals surface area contributed by atoms with Crippen LogP contribution in [0.3, 0.4) is 0 Å². The zero-order chi connectivity index (χ0) is 8.39. The lowest BCUT2D eigenvalue weighted by atomic mass is 10.4. The minimum Gasteiger partial charge on any atom is -0.337 e. The van der Waals surface area contributed by atoms with Gasteiger partial charge < -0.3 is 10.2 Å². The summed E-state index contributed by atoms with van der Waals surface area (Å²) in [6.45, 7) is 5.95. The van der Waals surface area contributed by atoms with E-state index in [-0.39, 0.29) is 24.8 Å². The Bertz CT molecular complexity index is 258. The quantitative estimate of drug-likeness (QED) is 0.744. The summed E-state index contributed by atoms with van der Waals surface area (Å²) in [6, 6.07) is 0. The molecule has 7 heteroatoms. The van der Waals surface area contributed by atoms with E-state index in [1.54, 1.807) is 0 Å². The van der Waals surface area contributed by atoms with Crippen molar-refractivity contribution in [3.05, 3.63) is 5.82 Å². The third-order valence-electron chi connectivity index (χ3n) is 1.99. The fraction of sp³-hybridized carbons (Fsp3) is 0.714. The molecule has 1 aliphatic rings. The number of aryl methyl sites for hydroxylation is 1. The van der Waals surface area contributed by atoms with Crippen molar-refractivity contribution in [1.29, 1.82) is 0 Å². The van der Waals surface area contributed by atoms with Crippen LogP contribution in [0.4, 0.5) is 5.95 Å². The van der Waals surface area contributed by atoms with Crippen LogP contribution in [-0.4, -0.2) is 41.4 Å². The van der Waals surface area contributed by atoms with Crippen molar-refractivity contribution >= 4 is 30.8 Å². The van der Waals surface area contributed by atoms with Crippen LogP contribution in [-0.2, 0) is 0 Å². The highest BCUT2D eigenvalue weighted by molar-refractivity contribution is 5.85. The molecule has 82 valence electrons. The van der Waals surface area contributed by atoms with Crippen LogP contribution >= 0.6 is 24.8 Å². The van der Waals surface area contributed by atoms with Crippen LogP contribution in [0.1, 0.15) is 5.82 Å². The lowest BCUT2D eigenvalue weighted by Crippen LogP contribution is -2.44. The van der Waals surface area contributed by atoms with Gasteiger partial charge in [-0.3, -0.25) is 5.10 Å². The highest BCUT2D eigenvalue weighted by Crippen LogP contribution is 2.06. The number of aromatic amines is 1. The Hall–Kier alpha value is -0.520. The maximum absolute atomic E-state index is 4.27. The van der Waals surface area contributed by atoms with Crippen LogP contribution in [0.5, 0.6) is 0 Å². The van der Waals surface area contributed by atoms with Crippen molar-refractivity contribution < 1.29 is 0 Å². The summed E-state index contributed by atoms with van der Waals surface area (Å²) in [5.74, 6) is 1.71. The van der Waals surface area contributed by atoms with Gasteiger partial charge in [0.25, 0.3) is 0 Å². The number of aromatic nitrogens is 3. The van der Waals surface area contributed by atoms with E-state index in [0.717, 1.165) is 38.0 Å². The molecule has 1 aliphatic heterocycles. The Kier molecular flexibility index (Phi) is 5.83. The van der Waals surface area contributed by atoms with E-state index >= 15 is 0 Å². The summed E-state index contributed by atoms with van der Waals surface area (Å²) < 4.78 is 0. The number of nitrogens with zero attached hydrogens (tertiary/aromatic N) is 3. The lowest BCUT2D eigenvalue weighted by molar-refractivity contribution is 0.580. The van der Waals surface area contributed by atoms with Gasteiger partial charge in [0, 0.05) is 26.2 Å². The number of nitrogens with one attached hydrogen (secondary N) is 2. The molecular formula is C7H15Cl2N5. The molecule has 1 aromatic heterocycles. The molecular weight excluding hydrogens is 225 g/mol. The normalized spacial score (nSPS) is 15.6. The van der Waals surface area contributed by atoms with Gasteiger partial charge in [0.1, 0.15) is 5.82 Å². The number of H-pyrrole nitrogens is 1. The zero-order valence-corrected chi connectivity index (χ0v) is 9.62. The molecule has 0 amide bonds. The number of piperazine rings is 1. The van der Waals surface area contributed by atoms with Crippen LogP contribution in [0.15, 0.2) is 0 Å². The second-order valence-electron chi connectivity index (χ2n) is 2.96. The van der Waals surface area contributed by atoms with Crippen molar-refractivity contribution in [1.82, 2.24) is 20.5 Å². The third kappa shape index (κ3) is 3.01. The maximum atomic E-state index is 4.27. The molecule has 0 aromatic carbocycles. The van der Waals surface area contributed by atoms with Gasteiger partial charge in [0.15, 0.2) is 0 Å². The highest BCUT2D eigenvalue weighted by atomic mass is 35.5. The molecule has 1 saturated heterocycles. The standard InChI is InChI=1S/C7H13N5.2ClH/c1-6-9-7(11-10-6)12-4-2-8-3-5-12;;/h8H,2-5H2,1H3,(H,9,10,11);2*1H. The van der Waals surface area contributed by atoms with Crippen LogP contribution < -0.4 is 10.2 Å². The Morgan fingerprint density at radius 2 is 1.86 bits per heavy atom. The van der Waals surface area contributed by atoms with E-state index in [1.807, 2.05) is 6.92 Å². The zero-order valence-electron chi connectivity index (χ0n) is 7.99. The molecule has 0 saturated carbocycles. The monoisotopic (exact) mass is 239 g/mol. The van der Waals surface area contributed by atoms with E-state index in [4.69, 9.17) is 0 Å². The molecule has 2 heterocycles. The summed E-state index contributed by atoms with van der Waals surface area (Å²) in [4.78, 5) is 6.45.